The van der Waals surface area contributed by atoms with Crippen molar-refractivity contribution in [2.75, 3.05) is 25.2 Å². The second kappa shape index (κ2) is 14.7. The van der Waals surface area contributed by atoms with Crippen LogP contribution in [-0.4, -0.2) is 75.8 Å². The predicted molar refractivity (Wildman–Crippen MR) is 205 cm³/mol. The molecule has 1 aromatic heterocycles. The molecule has 7 rings (SSSR count). The fraction of sp³-hybridized carbons (Fsp3) is 0.300. The minimum atomic E-state index is -1.01. The van der Waals surface area contributed by atoms with E-state index in [4.69, 9.17) is 25.0 Å². The van der Waals surface area contributed by atoms with E-state index in [1.807, 2.05) is 91.0 Å². The van der Waals surface area contributed by atoms with Crippen LogP contribution in [0.4, 0.5) is 5.00 Å². The number of thiazole rings is 1. The van der Waals surface area contributed by atoms with Gasteiger partial charge in [-0.1, -0.05) is 107 Å². The number of oxime groups is 1. The van der Waals surface area contributed by atoms with Gasteiger partial charge in [0.2, 0.25) is 0 Å². The number of carbonyl (C=O) groups excluding carboxylic acids is 4. The molecule has 2 amide bonds. The van der Waals surface area contributed by atoms with Crippen LogP contribution in [0.25, 0.3) is 0 Å². The van der Waals surface area contributed by atoms with Gasteiger partial charge in [0, 0.05) is 11.7 Å². The van der Waals surface area contributed by atoms with Gasteiger partial charge in [-0.2, -0.15) is 0 Å². The van der Waals surface area contributed by atoms with Gasteiger partial charge in [0.15, 0.2) is 5.71 Å². The molecule has 3 N–H and O–H groups in total. The van der Waals surface area contributed by atoms with Crippen molar-refractivity contribution in [3.05, 3.63) is 130 Å². The van der Waals surface area contributed by atoms with Crippen LogP contribution in [-0.2, 0) is 38.9 Å². The maximum Gasteiger partial charge on any atom is 0.355 e. The average molecular weight is 766 g/mol. The summed E-state index contributed by atoms with van der Waals surface area (Å²) in [6.45, 7) is 5.32. The van der Waals surface area contributed by atoms with Gasteiger partial charge in [-0.3, -0.25) is 19.3 Å². The summed E-state index contributed by atoms with van der Waals surface area (Å²) in [7, 11) is 1.31. The Morgan fingerprint density at radius 2 is 1.52 bits per heavy atom. The first kappa shape index (κ1) is 36.9. The van der Waals surface area contributed by atoms with Crippen LogP contribution in [0.15, 0.2) is 107 Å². The van der Waals surface area contributed by atoms with Crippen LogP contribution in [0.1, 0.15) is 54.6 Å². The van der Waals surface area contributed by atoms with Crippen LogP contribution < -0.4 is 11.1 Å². The molecule has 0 saturated carbocycles. The van der Waals surface area contributed by atoms with Crippen LogP contribution in [0.2, 0.25) is 0 Å². The van der Waals surface area contributed by atoms with Crippen LogP contribution >= 0.6 is 23.1 Å². The lowest BCUT2D eigenvalue weighted by molar-refractivity contribution is -0.159. The second-order valence-corrected chi connectivity index (χ2v) is 16.2. The fourth-order valence-corrected chi connectivity index (χ4v) is 9.65. The highest BCUT2D eigenvalue weighted by Crippen LogP contribution is 2.48. The molecule has 14 heteroatoms. The topological polar surface area (TPSA) is 163 Å². The van der Waals surface area contributed by atoms with Gasteiger partial charge < -0.3 is 25.4 Å². The Bertz CT molecular complexity index is 2050. The molecule has 278 valence electrons. The van der Waals surface area contributed by atoms with Crippen molar-refractivity contribution in [1.82, 2.24) is 15.2 Å². The summed E-state index contributed by atoms with van der Waals surface area (Å²) >= 11 is 2.61. The number of esters is 2. The highest BCUT2D eigenvalue weighted by atomic mass is 32.2. The van der Waals surface area contributed by atoms with E-state index in [9.17, 15) is 19.2 Å². The molecule has 54 heavy (non-hydrogen) atoms. The summed E-state index contributed by atoms with van der Waals surface area (Å²) in [5.74, 6) is -2.32. The minimum Gasteiger partial charge on any atom is -0.465 e. The molecule has 0 spiro atoms. The van der Waals surface area contributed by atoms with Crippen molar-refractivity contribution in [1.29, 1.82) is 0 Å². The van der Waals surface area contributed by atoms with Gasteiger partial charge in [-0.15, -0.1) is 11.8 Å². The molecule has 4 heterocycles. The maximum absolute atomic E-state index is 14.1. The molecular formula is C40H39N5O7S2. The van der Waals surface area contributed by atoms with Crippen LogP contribution in [0.5, 0.6) is 0 Å². The van der Waals surface area contributed by atoms with Crippen molar-refractivity contribution in [3.63, 3.8) is 0 Å². The van der Waals surface area contributed by atoms with Gasteiger partial charge in [0.05, 0.1) is 18.4 Å². The lowest BCUT2D eigenvalue weighted by Gasteiger charge is -2.50. The number of fused-ring (bicyclic) bond motifs is 1. The first-order valence-corrected chi connectivity index (χ1v) is 19.2. The zero-order valence-electron chi connectivity index (χ0n) is 30.1. The third kappa shape index (κ3) is 6.64. The largest absolute Gasteiger partial charge is 0.465 e. The molecule has 0 bridgehead atoms. The Hall–Kier alpha value is -5.47. The average Bonchev–Trinajstić information content (AvgIpc) is 3.78. The molecule has 2 fully saturated rings. The number of hydrogen-bond donors (Lipinski definition) is 2. The zero-order valence-corrected chi connectivity index (χ0v) is 31.7. The fourth-order valence-electron chi connectivity index (χ4n) is 7.10. The Morgan fingerprint density at radius 3 is 2.02 bits per heavy atom. The monoisotopic (exact) mass is 765 g/mol. The summed E-state index contributed by atoms with van der Waals surface area (Å²) < 4.78 is 10.9. The summed E-state index contributed by atoms with van der Waals surface area (Å²) in [5.41, 5.74) is 8.35. The molecule has 3 aromatic carbocycles. The number of thioether (sulfide) groups is 1. The van der Waals surface area contributed by atoms with Gasteiger partial charge in [-0.05, 0) is 43.0 Å². The lowest BCUT2D eigenvalue weighted by atomic mass is 9.70. The first-order valence-electron chi connectivity index (χ1n) is 17.4. The molecule has 0 aliphatic carbocycles. The van der Waals surface area contributed by atoms with E-state index in [-0.39, 0.29) is 47.0 Å². The number of benzene rings is 3. The Kier molecular flexibility index (Phi) is 10.1. The number of aromatic nitrogens is 1. The highest BCUT2D eigenvalue weighted by molar-refractivity contribution is 8.00. The van der Waals surface area contributed by atoms with E-state index in [1.165, 1.54) is 35.1 Å². The first-order chi connectivity index (χ1) is 25.9. The third-order valence-corrected chi connectivity index (χ3v) is 11.8. The highest BCUT2D eigenvalue weighted by Gasteiger charge is 2.56. The van der Waals surface area contributed by atoms with Crippen molar-refractivity contribution in [2.24, 2.45) is 11.1 Å². The number of nitrogens with two attached hydrogens (primary N) is 1. The zero-order chi connectivity index (χ0) is 38.2. The quantitative estimate of drug-likeness (QED) is 0.0738. The number of amides is 2. The molecule has 1 unspecified atom stereocenters. The Balaban J connectivity index is 1.23. The van der Waals surface area contributed by atoms with E-state index in [2.05, 4.69) is 10.5 Å². The number of anilines is 1. The SMILES string of the molecule is CO/N=C(\C(=O)N[C@@H]1C(=O)N2C(C(=O)OC(C)(C)C)=C(C3COC(=O)C3)CS[C@H]12)c1nc(C(c2ccccc2)(c2ccccc2)c2ccccc2)sc1N. The van der Waals surface area contributed by atoms with E-state index >= 15 is 0 Å². The number of rotatable bonds is 10. The van der Waals surface area contributed by atoms with E-state index in [0.29, 0.717) is 16.3 Å². The Labute approximate surface area is 320 Å². The Morgan fingerprint density at radius 1 is 0.944 bits per heavy atom. The predicted octanol–water partition coefficient (Wildman–Crippen LogP) is 5.02. The second-order valence-electron chi connectivity index (χ2n) is 14.0. The number of carbonyl (C=O) groups is 4. The van der Waals surface area contributed by atoms with Crippen molar-refractivity contribution >= 4 is 57.6 Å². The molecule has 2 saturated heterocycles. The summed E-state index contributed by atoms with van der Waals surface area (Å²) in [6, 6.07) is 28.8. The number of ether oxygens (including phenoxy) is 2. The smallest absolute Gasteiger partial charge is 0.355 e. The van der Waals surface area contributed by atoms with E-state index < -0.39 is 40.2 Å². The van der Waals surface area contributed by atoms with E-state index in [1.54, 1.807) is 20.8 Å². The maximum atomic E-state index is 14.1. The lowest BCUT2D eigenvalue weighted by Crippen LogP contribution is -2.71. The van der Waals surface area contributed by atoms with Crippen molar-refractivity contribution in [2.45, 2.75) is 49.6 Å². The van der Waals surface area contributed by atoms with Gasteiger partial charge in [-0.25, -0.2) is 9.78 Å². The van der Waals surface area contributed by atoms with Crippen LogP contribution in [0.3, 0.4) is 0 Å². The summed E-state index contributed by atoms with van der Waals surface area (Å²) in [4.78, 5) is 65.1. The number of hydrogen-bond acceptors (Lipinski definition) is 12. The standard InChI is InChI=1S/C40H39N5O7S2/c1-39(2,3)52-37(49)32-27(23-20-28(46)51-21-23)22-53-36-31(35(48)45(32)36)42-34(47)30(44-50-4)29-33(41)54-38(43-29)40(24-14-8-5-9-15-24,25-16-10-6-11-17-25)26-18-12-7-13-19-26/h5-19,23,31,36H,20-22,41H2,1-4H3,(H,42,47)/b44-30-/t23?,31-,36-/m1/s1. The number of nitrogen functional groups attached to an aromatic ring is 1. The van der Waals surface area contributed by atoms with Gasteiger partial charge in [0.1, 0.15) is 45.5 Å². The molecule has 4 aromatic rings. The molecule has 3 aliphatic rings. The molecule has 0 radical (unpaired) electrons. The number of cyclic esters (lactones) is 1. The molecule has 3 atom stereocenters. The van der Waals surface area contributed by atoms with Crippen molar-refractivity contribution in [3.8, 4) is 0 Å². The number of nitrogens with one attached hydrogen (secondary N) is 1. The molecule has 3 aliphatic heterocycles. The molecule has 12 nitrogen and oxygen atoms in total. The number of nitrogens with zero attached hydrogens (tertiary/aromatic N) is 3. The third-order valence-electron chi connectivity index (χ3n) is 9.44. The normalized spacial score (nSPS) is 20.2. The van der Waals surface area contributed by atoms with E-state index in [0.717, 1.165) is 16.7 Å². The van der Waals surface area contributed by atoms with Crippen molar-refractivity contribution < 1.29 is 33.5 Å². The van der Waals surface area contributed by atoms with Crippen LogP contribution in [0, 0.1) is 5.92 Å². The van der Waals surface area contributed by atoms with Gasteiger partial charge in [0.25, 0.3) is 11.8 Å². The summed E-state index contributed by atoms with van der Waals surface area (Å²) in [6.07, 6.45) is 0.100. The summed E-state index contributed by atoms with van der Waals surface area (Å²) in [5, 5.41) is 7.08. The molecular weight excluding hydrogens is 727 g/mol. The van der Waals surface area contributed by atoms with Gasteiger partial charge >= 0.3 is 11.9 Å². The minimum absolute atomic E-state index is 0.0886. The number of β-lactam (4-membered cyclic amide) rings is 1.